The van der Waals surface area contributed by atoms with Crippen LogP contribution in [0.4, 0.5) is 0 Å². The van der Waals surface area contributed by atoms with Crippen LogP contribution in [0.25, 0.3) is 0 Å². The molecule has 5 nitrogen and oxygen atoms in total. The summed E-state index contributed by atoms with van der Waals surface area (Å²) in [5, 5.41) is 28.5. The molecular formula is C21H40O5. The molecule has 0 bridgehead atoms. The molecule has 5 heteroatoms. The van der Waals surface area contributed by atoms with E-state index >= 15 is 0 Å². The summed E-state index contributed by atoms with van der Waals surface area (Å²) >= 11 is 0. The maximum Gasteiger partial charge on any atom is 0.154 e. The maximum atomic E-state index is 9.83. The first-order valence-corrected chi connectivity index (χ1v) is 10.6. The second-order valence-electron chi connectivity index (χ2n) is 7.41. The lowest BCUT2D eigenvalue weighted by Gasteiger charge is -2.22. The van der Waals surface area contributed by atoms with Crippen LogP contribution in [0.3, 0.4) is 0 Å². The van der Waals surface area contributed by atoms with Gasteiger partial charge >= 0.3 is 0 Å². The Bertz CT molecular complexity index is 347. The van der Waals surface area contributed by atoms with Gasteiger partial charge in [0.2, 0.25) is 0 Å². The highest BCUT2D eigenvalue weighted by molar-refractivity contribution is 4.91. The van der Waals surface area contributed by atoms with Gasteiger partial charge in [-0.2, -0.15) is 0 Å². The molecule has 0 aromatic heterocycles. The lowest BCUT2D eigenvalue weighted by molar-refractivity contribution is -0.0721. The number of hydrogen-bond donors (Lipinski definition) is 3. The first-order chi connectivity index (χ1) is 12.7. The molecule has 4 atom stereocenters. The van der Waals surface area contributed by atoms with Crippen molar-refractivity contribution >= 4 is 0 Å². The van der Waals surface area contributed by atoms with Crippen molar-refractivity contribution in [3.05, 3.63) is 12.3 Å². The van der Waals surface area contributed by atoms with Gasteiger partial charge in [0.1, 0.15) is 18.3 Å². The van der Waals surface area contributed by atoms with Gasteiger partial charge in [-0.1, -0.05) is 71.1 Å². The Morgan fingerprint density at radius 1 is 1.00 bits per heavy atom. The monoisotopic (exact) mass is 372 g/mol. The summed E-state index contributed by atoms with van der Waals surface area (Å²) in [6.45, 7) is 1.98. The zero-order valence-electron chi connectivity index (χ0n) is 16.5. The molecule has 1 aliphatic rings. The third-order valence-corrected chi connectivity index (χ3v) is 5.04. The number of allylic oxidation sites excluding steroid dienone is 1. The second kappa shape index (κ2) is 15.4. The zero-order valence-corrected chi connectivity index (χ0v) is 16.5. The normalized spacial score (nSPS) is 24.4. The smallest absolute Gasteiger partial charge is 0.154 e. The Balaban J connectivity index is 1.96. The molecule has 1 fully saturated rings. The summed E-state index contributed by atoms with van der Waals surface area (Å²) in [6, 6.07) is 0. The van der Waals surface area contributed by atoms with E-state index in [9.17, 15) is 10.2 Å². The van der Waals surface area contributed by atoms with Crippen LogP contribution < -0.4 is 0 Å². The fraction of sp³-hybridized carbons (Fsp3) is 0.905. The quantitative estimate of drug-likeness (QED) is 0.284. The average molecular weight is 373 g/mol. The number of aliphatic hydroxyl groups is 3. The molecule has 0 amide bonds. The summed E-state index contributed by atoms with van der Waals surface area (Å²) < 4.78 is 10.8. The highest BCUT2D eigenvalue weighted by Crippen LogP contribution is 2.21. The van der Waals surface area contributed by atoms with Gasteiger partial charge < -0.3 is 24.8 Å². The number of unbranched alkanes of at least 4 members (excludes halogenated alkanes) is 11. The number of aliphatic hydroxyl groups excluding tert-OH is 3. The Kier molecular flexibility index (Phi) is 13.9. The van der Waals surface area contributed by atoms with E-state index in [0.717, 1.165) is 12.8 Å². The van der Waals surface area contributed by atoms with E-state index in [-0.39, 0.29) is 6.61 Å². The SMILES string of the molecule is CCCCCCCCCCCCC/C=C/O[C@@H]1[C@H]([C@H](O)CO)OC[C@@H]1O. The highest BCUT2D eigenvalue weighted by Gasteiger charge is 2.41. The van der Waals surface area contributed by atoms with Crippen molar-refractivity contribution < 1.29 is 24.8 Å². The van der Waals surface area contributed by atoms with Crippen molar-refractivity contribution in [2.75, 3.05) is 13.2 Å². The van der Waals surface area contributed by atoms with Crippen LogP contribution in [0.15, 0.2) is 12.3 Å². The first kappa shape index (κ1) is 23.4. The van der Waals surface area contributed by atoms with Crippen LogP contribution >= 0.6 is 0 Å². The fourth-order valence-electron chi connectivity index (χ4n) is 3.36. The third-order valence-electron chi connectivity index (χ3n) is 5.04. The van der Waals surface area contributed by atoms with Gasteiger partial charge in [0.15, 0.2) is 6.10 Å². The van der Waals surface area contributed by atoms with E-state index in [1.165, 1.54) is 64.2 Å². The van der Waals surface area contributed by atoms with Crippen LogP contribution in [0.5, 0.6) is 0 Å². The van der Waals surface area contributed by atoms with E-state index < -0.39 is 31.0 Å². The van der Waals surface area contributed by atoms with Gasteiger partial charge in [0, 0.05) is 0 Å². The van der Waals surface area contributed by atoms with Gasteiger partial charge in [0.05, 0.1) is 19.5 Å². The van der Waals surface area contributed by atoms with Crippen LogP contribution in [0.1, 0.15) is 84.0 Å². The summed E-state index contributed by atoms with van der Waals surface area (Å²) in [6.07, 6.45) is 16.0. The zero-order chi connectivity index (χ0) is 19.0. The highest BCUT2D eigenvalue weighted by atomic mass is 16.6. The van der Waals surface area contributed by atoms with Crippen molar-refractivity contribution in [2.24, 2.45) is 0 Å². The first-order valence-electron chi connectivity index (χ1n) is 10.6. The van der Waals surface area contributed by atoms with Crippen molar-refractivity contribution in [1.29, 1.82) is 0 Å². The van der Waals surface area contributed by atoms with E-state index in [4.69, 9.17) is 14.6 Å². The summed E-state index contributed by atoms with van der Waals surface area (Å²) in [5.41, 5.74) is 0. The Morgan fingerprint density at radius 3 is 2.15 bits per heavy atom. The summed E-state index contributed by atoms with van der Waals surface area (Å²) in [5.74, 6) is 0. The largest absolute Gasteiger partial charge is 0.493 e. The molecule has 0 spiro atoms. The summed E-state index contributed by atoms with van der Waals surface area (Å²) in [7, 11) is 0. The van der Waals surface area contributed by atoms with Gasteiger partial charge in [-0.3, -0.25) is 0 Å². The molecule has 3 N–H and O–H groups in total. The van der Waals surface area contributed by atoms with Gasteiger partial charge in [-0.05, 0) is 18.9 Å². The van der Waals surface area contributed by atoms with E-state index in [1.54, 1.807) is 6.26 Å². The Hall–Kier alpha value is -0.620. The van der Waals surface area contributed by atoms with Crippen molar-refractivity contribution in [3.63, 3.8) is 0 Å². The molecule has 0 aromatic carbocycles. The van der Waals surface area contributed by atoms with Crippen molar-refractivity contribution in [1.82, 2.24) is 0 Å². The van der Waals surface area contributed by atoms with Crippen LogP contribution in [0, 0.1) is 0 Å². The lowest BCUT2D eigenvalue weighted by Crippen LogP contribution is -2.41. The Morgan fingerprint density at radius 2 is 1.58 bits per heavy atom. The Labute approximate surface area is 159 Å². The molecule has 1 saturated heterocycles. The number of hydrogen-bond acceptors (Lipinski definition) is 5. The second-order valence-corrected chi connectivity index (χ2v) is 7.41. The summed E-state index contributed by atoms with van der Waals surface area (Å²) in [4.78, 5) is 0. The molecule has 0 unspecified atom stereocenters. The van der Waals surface area contributed by atoms with Gasteiger partial charge in [0.25, 0.3) is 0 Å². The third kappa shape index (κ3) is 9.91. The molecule has 1 heterocycles. The maximum absolute atomic E-state index is 9.83. The average Bonchev–Trinajstić information content (AvgIpc) is 3.02. The van der Waals surface area contributed by atoms with E-state index in [2.05, 4.69) is 6.92 Å². The number of rotatable bonds is 16. The fourth-order valence-corrected chi connectivity index (χ4v) is 3.36. The predicted molar refractivity (Wildman–Crippen MR) is 104 cm³/mol. The minimum atomic E-state index is -1.03. The van der Waals surface area contributed by atoms with Gasteiger partial charge in [-0.25, -0.2) is 0 Å². The van der Waals surface area contributed by atoms with Crippen LogP contribution in [-0.2, 0) is 9.47 Å². The predicted octanol–water partition coefficient (Wildman–Crippen LogP) is 3.70. The van der Waals surface area contributed by atoms with Crippen LogP contribution in [-0.4, -0.2) is 52.9 Å². The minimum Gasteiger partial charge on any atom is -0.493 e. The lowest BCUT2D eigenvalue weighted by atomic mass is 10.1. The molecule has 1 aliphatic heterocycles. The molecule has 26 heavy (non-hydrogen) atoms. The van der Waals surface area contributed by atoms with E-state index in [0.29, 0.717) is 0 Å². The van der Waals surface area contributed by atoms with Crippen molar-refractivity contribution in [3.8, 4) is 0 Å². The molecule has 0 aromatic rings. The molecule has 1 rings (SSSR count). The van der Waals surface area contributed by atoms with Crippen LogP contribution in [0.2, 0.25) is 0 Å². The standard InChI is InChI=1S/C21H40O5/c1-2-3-4-5-6-7-8-9-10-11-12-13-14-15-25-21-19(24)17-26-20(21)18(23)16-22/h14-15,18-24H,2-13,16-17H2,1H3/b15-14+/t18-,19+,20+,21+/m1/s1. The number of ether oxygens (including phenoxy) is 2. The molecule has 0 aliphatic carbocycles. The molecular weight excluding hydrogens is 332 g/mol. The topological polar surface area (TPSA) is 79.2 Å². The van der Waals surface area contributed by atoms with E-state index in [1.807, 2.05) is 6.08 Å². The molecule has 154 valence electrons. The molecule has 0 radical (unpaired) electrons. The van der Waals surface area contributed by atoms with Crippen molar-refractivity contribution in [2.45, 2.75) is 108 Å². The van der Waals surface area contributed by atoms with Gasteiger partial charge in [-0.15, -0.1) is 0 Å². The minimum absolute atomic E-state index is 0.124. The molecule has 0 saturated carbocycles.